The fourth-order valence-electron chi connectivity index (χ4n) is 3.01. The van der Waals surface area contributed by atoms with Crippen LogP contribution >= 0.6 is 11.8 Å². The molecule has 0 spiro atoms. The van der Waals surface area contributed by atoms with E-state index in [4.69, 9.17) is 4.74 Å². The zero-order valence-corrected chi connectivity index (χ0v) is 16.3. The molecule has 0 unspecified atom stereocenters. The van der Waals surface area contributed by atoms with Crippen molar-refractivity contribution < 1.29 is 9.53 Å². The number of hydrazone groups is 1. The van der Waals surface area contributed by atoms with Gasteiger partial charge in [-0.1, -0.05) is 42.1 Å². The third kappa shape index (κ3) is 3.94. The van der Waals surface area contributed by atoms with E-state index in [-0.39, 0.29) is 5.91 Å². The van der Waals surface area contributed by atoms with E-state index in [1.807, 2.05) is 65.4 Å². The predicted molar refractivity (Wildman–Crippen MR) is 110 cm³/mol. The van der Waals surface area contributed by atoms with Gasteiger partial charge in [-0.15, -0.1) is 0 Å². The highest BCUT2D eigenvalue weighted by Gasteiger charge is 2.22. The molecule has 142 valence electrons. The van der Waals surface area contributed by atoms with Crippen molar-refractivity contribution in [1.29, 1.82) is 0 Å². The molecule has 1 aliphatic rings. The Morgan fingerprint density at radius 1 is 1.14 bits per heavy atom. The molecule has 0 saturated heterocycles. The summed E-state index contributed by atoms with van der Waals surface area (Å²) in [7, 11) is 1.64. The summed E-state index contributed by atoms with van der Waals surface area (Å²) in [6, 6.07) is 17.7. The van der Waals surface area contributed by atoms with Gasteiger partial charge in [0, 0.05) is 24.5 Å². The first-order valence-electron chi connectivity index (χ1n) is 8.98. The lowest BCUT2D eigenvalue weighted by Crippen LogP contribution is -2.25. The molecule has 0 radical (unpaired) electrons. The average Bonchev–Trinajstić information content (AvgIpc) is 3.43. The largest absolute Gasteiger partial charge is 0.497 e. The number of carbonyl (C=O) groups excluding carboxylic acids is 1. The summed E-state index contributed by atoms with van der Waals surface area (Å²) in [5.41, 5.74) is 3.00. The van der Waals surface area contributed by atoms with E-state index < -0.39 is 0 Å². The van der Waals surface area contributed by atoms with E-state index in [1.54, 1.807) is 18.3 Å². The van der Waals surface area contributed by atoms with Gasteiger partial charge < -0.3 is 4.74 Å². The average molecular weight is 392 g/mol. The van der Waals surface area contributed by atoms with Gasteiger partial charge in [-0.3, -0.25) is 9.36 Å². The summed E-state index contributed by atoms with van der Waals surface area (Å²) in [5, 5.41) is 6.84. The molecule has 4 rings (SSSR count). The van der Waals surface area contributed by atoms with E-state index in [2.05, 4.69) is 10.1 Å². The second-order valence-corrected chi connectivity index (χ2v) is 7.19. The van der Waals surface area contributed by atoms with E-state index in [9.17, 15) is 4.79 Å². The highest BCUT2D eigenvalue weighted by molar-refractivity contribution is 7.99. The molecule has 0 bridgehead atoms. The van der Waals surface area contributed by atoms with Crippen molar-refractivity contribution in [3.8, 4) is 11.4 Å². The zero-order valence-electron chi connectivity index (χ0n) is 15.5. The van der Waals surface area contributed by atoms with Crippen LogP contribution in [0.15, 0.2) is 77.2 Å². The highest BCUT2D eigenvalue weighted by atomic mass is 32.2. The number of ether oxygens (including phenoxy) is 1. The third-order valence-electron chi connectivity index (χ3n) is 4.48. The van der Waals surface area contributed by atoms with Crippen LogP contribution in [0.3, 0.4) is 0 Å². The maximum absolute atomic E-state index is 12.6. The molecule has 2 aromatic carbocycles. The number of methoxy groups -OCH3 is 1. The Hall–Kier alpha value is -3.06. The van der Waals surface area contributed by atoms with Crippen molar-refractivity contribution in [2.24, 2.45) is 5.10 Å². The summed E-state index contributed by atoms with van der Waals surface area (Å²) in [5.74, 6) is 1.08. The second kappa shape index (κ2) is 8.31. The fourth-order valence-corrected chi connectivity index (χ4v) is 3.85. The molecule has 0 fully saturated rings. The monoisotopic (exact) mass is 392 g/mol. The van der Waals surface area contributed by atoms with Crippen LogP contribution in [-0.2, 0) is 4.79 Å². The molecule has 28 heavy (non-hydrogen) atoms. The maximum atomic E-state index is 12.6. The van der Waals surface area contributed by atoms with Gasteiger partial charge in [0.25, 0.3) is 5.91 Å². The zero-order chi connectivity index (χ0) is 19.3. The lowest BCUT2D eigenvalue weighted by molar-refractivity contribution is -0.127. The van der Waals surface area contributed by atoms with Crippen molar-refractivity contribution in [1.82, 2.24) is 14.6 Å². The fraction of sp³-hybridized carbons (Fsp3) is 0.190. The van der Waals surface area contributed by atoms with Gasteiger partial charge in [-0.25, -0.2) is 9.99 Å². The Kier molecular flexibility index (Phi) is 5.43. The Labute approximate surface area is 167 Å². The van der Waals surface area contributed by atoms with Crippen LogP contribution in [0.25, 0.3) is 5.69 Å². The molecule has 1 amide bonds. The Bertz CT molecular complexity index is 983. The minimum Gasteiger partial charge on any atom is -0.497 e. The van der Waals surface area contributed by atoms with Gasteiger partial charge in [0.1, 0.15) is 5.75 Å². The van der Waals surface area contributed by atoms with Gasteiger partial charge in [-0.2, -0.15) is 5.10 Å². The van der Waals surface area contributed by atoms with Crippen molar-refractivity contribution in [2.45, 2.75) is 11.6 Å². The van der Waals surface area contributed by atoms with Crippen LogP contribution in [0.1, 0.15) is 12.0 Å². The summed E-state index contributed by atoms with van der Waals surface area (Å²) in [4.78, 5) is 17.0. The SMILES string of the molecule is COc1ccc(-n2ccnc2SCC(=O)N2CCC(c3ccccc3)=N2)cc1. The first kappa shape index (κ1) is 18.3. The van der Waals surface area contributed by atoms with Crippen molar-refractivity contribution in [2.75, 3.05) is 19.4 Å². The third-order valence-corrected chi connectivity index (χ3v) is 5.43. The number of amides is 1. The van der Waals surface area contributed by atoms with Gasteiger partial charge in [-0.05, 0) is 29.8 Å². The normalized spacial score (nSPS) is 13.5. The van der Waals surface area contributed by atoms with Crippen LogP contribution in [-0.4, -0.2) is 45.6 Å². The summed E-state index contributed by atoms with van der Waals surface area (Å²) in [6.45, 7) is 0.622. The molecule has 3 aromatic rings. The van der Waals surface area contributed by atoms with E-state index >= 15 is 0 Å². The molecule has 7 heteroatoms. The van der Waals surface area contributed by atoms with Crippen molar-refractivity contribution in [3.05, 3.63) is 72.6 Å². The van der Waals surface area contributed by atoms with Gasteiger partial charge in [0.05, 0.1) is 25.1 Å². The number of benzene rings is 2. The Morgan fingerprint density at radius 2 is 1.93 bits per heavy atom. The van der Waals surface area contributed by atoms with Crippen LogP contribution in [0.4, 0.5) is 0 Å². The molecule has 0 aliphatic carbocycles. The lowest BCUT2D eigenvalue weighted by atomic mass is 10.1. The van der Waals surface area contributed by atoms with E-state index in [0.717, 1.165) is 34.3 Å². The maximum Gasteiger partial charge on any atom is 0.253 e. The van der Waals surface area contributed by atoms with Crippen molar-refractivity contribution in [3.63, 3.8) is 0 Å². The number of carbonyl (C=O) groups is 1. The quantitative estimate of drug-likeness (QED) is 0.602. The Morgan fingerprint density at radius 3 is 2.68 bits per heavy atom. The number of nitrogens with zero attached hydrogens (tertiary/aromatic N) is 4. The van der Waals surface area contributed by atoms with Crippen molar-refractivity contribution >= 4 is 23.4 Å². The first-order valence-corrected chi connectivity index (χ1v) is 9.97. The van der Waals surface area contributed by atoms with Gasteiger partial charge in [0.2, 0.25) is 0 Å². The molecule has 1 aliphatic heterocycles. The molecule has 0 N–H and O–H groups in total. The molecule has 2 heterocycles. The molecular formula is C21H20N4O2S. The topological polar surface area (TPSA) is 59.7 Å². The number of hydrogen-bond donors (Lipinski definition) is 0. The predicted octanol–water partition coefficient (Wildman–Crippen LogP) is 3.61. The van der Waals surface area contributed by atoms with Crippen LogP contribution in [0.5, 0.6) is 5.75 Å². The summed E-state index contributed by atoms with van der Waals surface area (Å²) < 4.78 is 7.16. The first-order chi connectivity index (χ1) is 13.7. The second-order valence-electron chi connectivity index (χ2n) is 6.25. The van der Waals surface area contributed by atoms with Crippen LogP contribution in [0, 0.1) is 0 Å². The molecule has 0 saturated carbocycles. The molecular weight excluding hydrogens is 372 g/mol. The minimum atomic E-state index is -0.0137. The Balaban J connectivity index is 1.41. The summed E-state index contributed by atoms with van der Waals surface area (Å²) >= 11 is 1.41. The van der Waals surface area contributed by atoms with E-state index in [0.29, 0.717) is 12.3 Å². The summed E-state index contributed by atoms with van der Waals surface area (Å²) in [6.07, 6.45) is 4.40. The number of aromatic nitrogens is 2. The number of rotatable bonds is 6. The number of thioether (sulfide) groups is 1. The van der Waals surface area contributed by atoms with Gasteiger partial charge >= 0.3 is 0 Å². The smallest absolute Gasteiger partial charge is 0.253 e. The van der Waals surface area contributed by atoms with Gasteiger partial charge in [0.15, 0.2) is 5.16 Å². The number of imidazole rings is 1. The molecule has 1 aromatic heterocycles. The number of hydrogen-bond acceptors (Lipinski definition) is 5. The van der Waals surface area contributed by atoms with Crippen LogP contribution < -0.4 is 4.74 Å². The highest BCUT2D eigenvalue weighted by Crippen LogP contribution is 2.23. The lowest BCUT2D eigenvalue weighted by Gasteiger charge is -2.12. The molecule has 0 atom stereocenters. The molecule has 6 nitrogen and oxygen atoms in total. The van der Waals surface area contributed by atoms with Crippen LogP contribution in [0.2, 0.25) is 0 Å². The van der Waals surface area contributed by atoms with E-state index in [1.165, 1.54) is 11.8 Å². The standard InChI is InChI=1S/C21H20N4O2S/c1-27-18-9-7-17(8-10-18)24-14-12-22-21(24)28-15-20(26)25-13-11-19(23-25)16-5-3-2-4-6-16/h2-10,12,14H,11,13,15H2,1H3. The minimum absolute atomic E-state index is 0.0137.